The lowest BCUT2D eigenvalue weighted by Gasteiger charge is -2.16. The second kappa shape index (κ2) is 9.59. The van der Waals surface area contributed by atoms with Crippen LogP contribution in [-0.4, -0.2) is 33.3 Å². The summed E-state index contributed by atoms with van der Waals surface area (Å²) in [4.78, 5) is 12.8. The van der Waals surface area contributed by atoms with Gasteiger partial charge in [-0.1, -0.05) is 13.8 Å². The van der Waals surface area contributed by atoms with E-state index in [0.717, 1.165) is 0 Å². The lowest BCUT2D eigenvalue weighted by Crippen LogP contribution is -2.20. The van der Waals surface area contributed by atoms with Crippen LogP contribution in [-0.2, 0) is 9.84 Å². The highest BCUT2D eigenvalue weighted by molar-refractivity contribution is 7.92. The van der Waals surface area contributed by atoms with E-state index in [2.05, 4.69) is 5.32 Å². The highest BCUT2D eigenvalue weighted by Gasteiger charge is 2.25. The fraction of sp³-hybridized carbons (Fsp3) is 0.381. The average Bonchev–Trinajstić information content (AvgIpc) is 2.69. The molecule has 0 radical (unpaired) electrons. The predicted octanol–water partition coefficient (Wildman–Crippen LogP) is 4.31. The van der Waals surface area contributed by atoms with Gasteiger partial charge in [0.1, 0.15) is 11.5 Å². The molecule has 0 bridgehead atoms. The first-order valence-electron chi connectivity index (χ1n) is 9.33. The zero-order valence-electron chi connectivity index (χ0n) is 16.7. The second-order valence-corrected chi connectivity index (χ2v) is 8.49. The van der Waals surface area contributed by atoms with Crippen molar-refractivity contribution in [2.24, 2.45) is 0 Å². The van der Waals surface area contributed by atoms with Crippen LogP contribution in [0, 0.1) is 0 Å². The van der Waals surface area contributed by atoms with Crippen molar-refractivity contribution in [2.75, 3.05) is 19.0 Å². The minimum Gasteiger partial charge on any atom is -0.495 e. The molecule has 0 aliphatic carbocycles. The molecule has 152 valence electrons. The minimum absolute atomic E-state index is 0.170. The van der Waals surface area contributed by atoms with Crippen LogP contribution in [0.25, 0.3) is 0 Å². The number of hydrogen-bond acceptors (Lipinski definition) is 5. The normalized spacial score (nSPS) is 11.3. The Labute approximate surface area is 166 Å². The standard InChI is InChI=1S/C21H27NO5S/c1-5-17(6-2)28(24,25)18-12-13-20(26-4)19(14-18)22-21(23)15-8-10-16(11-9-15)27-7-3/h8-14,17H,5-7H2,1-4H3,(H,22,23). The maximum absolute atomic E-state index is 12.8. The van der Waals surface area contributed by atoms with Crippen LogP contribution in [0.4, 0.5) is 5.69 Å². The number of carbonyl (C=O) groups excluding carboxylic acids is 1. The van der Waals surface area contributed by atoms with Gasteiger partial charge in [-0.05, 0) is 62.2 Å². The van der Waals surface area contributed by atoms with Crippen molar-refractivity contribution < 1.29 is 22.7 Å². The van der Waals surface area contributed by atoms with Crippen molar-refractivity contribution in [3.63, 3.8) is 0 Å². The molecule has 6 nitrogen and oxygen atoms in total. The summed E-state index contributed by atoms with van der Waals surface area (Å²) >= 11 is 0. The van der Waals surface area contributed by atoms with Crippen molar-refractivity contribution >= 4 is 21.4 Å². The Morgan fingerprint density at radius 3 is 2.21 bits per heavy atom. The van der Waals surface area contributed by atoms with E-state index in [1.165, 1.54) is 19.2 Å². The molecule has 0 saturated carbocycles. The Kier molecular flexibility index (Phi) is 7.45. The van der Waals surface area contributed by atoms with Gasteiger partial charge in [0.05, 0.1) is 29.5 Å². The van der Waals surface area contributed by atoms with Gasteiger partial charge in [-0.3, -0.25) is 4.79 Å². The summed E-state index contributed by atoms with van der Waals surface area (Å²) in [6.45, 7) is 6.13. The summed E-state index contributed by atoms with van der Waals surface area (Å²) in [5.74, 6) is 0.705. The molecule has 2 rings (SSSR count). The Bertz CT molecular complexity index is 903. The van der Waals surface area contributed by atoms with Crippen molar-refractivity contribution in [2.45, 2.75) is 43.8 Å². The van der Waals surface area contributed by atoms with E-state index in [-0.39, 0.29) is 10.8 Å². The van der Waals surface area contributed by atoms with Gasteiger partial charge in [0, 0.05) is 5.56 Å². The number of benzene rings is 2. The number of carbonyl (C=O) groups is 1. The molecule has 28 heavy (non-hydrogen) atoms. The van der Waals surface area contributed by atoms with Gasteiger partial charge < -0.3 is 14.8 Å². The first-order valence-corrected chi connectivity index (χ1v) is 10.9. The smallest absolute Gasteiger partial charge is 0.255 e. The van der Waals surface area contributed by atoms with Gasteiger partial charge >= 0.3 is 0 Å². The van der Waals surface area contributed by atoms with E-state index in [4.69, 9.17) is 9.47 Å². The highest BCUT2D eigenvalue weighted by atomic mass is 32.2. The number of amides is 1. The van der Waals surface area contributed by atoms with Crippen LogP contribution < -0.4 is 14.8 Å². The SMILES string of the molecule is CCOc1ccc(C(=O)Nc2cc(S(=O)(=O)C(CC)CC)ccc2OC)cc1. The van der Waals surface area contributed by atoms with Crippen LogP contribution in [0.1, 0.15) is 44.0 Å². The van der Waals surface area contributed by atoms with E-state index < -0.39 is 15.1 Å². The molecule has 0 aromatic heterocycles. The van der Waals surface area contributed by atoms with Crippen molar-refractivity contribution in [1.29, 1.82) is 0 Å². The molecule has 2 aromatic carbocycles. The van der Waals surface area contributed by atoms with Gasteiger partial charge in [0.15, 0.2) is 9.84 Å². The van der Waals surface area contributed by atoms with Gasteiger partial charge in [-0.2, -0.15) is 0 Å². The number of hydrogen-bond donors (Lipinski definition) is 1. The monoisotopic (exact) mass is 405 g/mol. The van der Waals surface area contributed by atoms with Crippen molar-refractivity contribution in [3.05, 3.63) is 48.0 Å². The van der Waals surface area contributed by atoms with Crippen LogP contribution in [0.15, 0.2) is 47.4 Å². The molecule has 0 aliphatic heterocycles. The molecule has 7 heteroatoms. The Balaban J connectivity index is 2.32. The van der Waals surface area contributed by atoms with Crippen molar-refractivity contribution in [3.8, 4) is 11.5 Å². The van der Waals surface area contributed by atoms with Gasteiger partial charge in [-0.15, -0.1) is 0 Å². The molecule has 1 N–H and O–H groups in total. The summed E-state index contributed by atoms with van der Waals surface area (Å²) in [7, 11) is -2.02. The predicted molar refractivity (Wildman–Crippen MR) is 110 cm³/mol. The average molecular weight is 406 g/mol. The molecule has 2 aromatic rings. The molecule has 0 heterocycles. The summed E-state index contributed by atoms with van der Waals surface area (Å²) in [6, 6.07) is 11.3. The van der Waals surface area contributed by atoms with E-state index in [1.54, 1.807) is 30.3 Å². The largest absolute Gasteiger partial charge is 0.495 e. The molecular weight excluding hydrogens is 378 g/mol. The summed E-state index contributed by atoms with van der Waals surface area (Å²) in [5, 5.41) is 2.29. The Morgan fingerprint density at radius 2 is 1.68 bits per heavy atom. The molecule has 0 atom stereocenters. The second-order valence-electron chi connectivity index (χ2n) is 6.26. The number of sulfone groups is 1. The molecule has 0 aliphatic rings. The van der Waals surface area contributed by atoms with Gasteiger partial charge in [-0.25, -0.2) is 8.42 Å². The molecule has 0 spiro atoms. The third-order valence-corrected chi connectivity index (χ3v) is 6.98. The Hall–Kier alpha value is -2.54. The third kappa shape index (κ3) is 4.84. The topological polar surface area (TPSA) is 81.7 Å². The van der Waals surface area contributed by atoms with Gasteiger partial charge in [0.25, 0.3) is 5.91 Å². The first-order chi connectivity index (χ1) is 13.4. The number of anilines is 1. The molecule has 1 amide bonds. The quantitative estimate of drug-likeness (QED) is 0.672. The molecule has 0 saturated heterocycles. The maximum atomic E-state index is 12.8. The number of nitrogens with one attached hydrogen (secondary N) is 1. The summed E-state index contributed by atoms with van der Waals surface area (Å²) < 4.78 is 36.3. The number of rotatable bonds is 9. The van der Waals surface area contributed by atoms with Gasteiger partial charge in [0.2, 0.25) is 0 Å². The summed E-state index contributed by atoms with van der Waals surface area (Å²) in [6.07, 6.45) is 1.05. The van der Waals surface area contributed by atoms with Crippen LogP contribution >= 0.6 is 0 Å². The van der Waals surface area contributed by atoms with E-state index >= 15 is 0 Å². The first kappa shape index (κ1) is 21.8. The minimum atomic E-state index is -3.48. The zero-order chi connectivity index (χ0) is 20.7. The summed E-state index contributed by atoms with van der Waals surface area (Å²) in [5.41, 5.74) is 0.743. The lowest BCUT2D eigenvalue weighted by atomic mass is 10.2. The van der Waals surface area contributed by atoms with Crippen LogP contribution in [0.5, 0.6) is 11.5 Å². The lowest BCUT2D eigenvalue weighted by molar-refractivity contribution is 0.102. The highest BCUT2D eigenvalue weighted by Crippen LogP contribution is 2.30. The third-order valence-electron chi connectivity index (χ3n) is 4.52. The molecular formula is C21H27NO5S. The van der Waals surface area contributed by atoms with Crippen LogP contribution in [0.3, 0.4) is 0 Å². The zero-order valence-corrected chi connectivity index (χ0v) is 17.5. The van der Waals surface area contributed by atoms with E-state index in [9.17, 15) is 13.2 Å². The number of methoxy groups -OCH3 is 1. The molecule has 0 fully saturated rings. The van der Waals surface area contributed by atoms with E-state index in [0.29, 0.717) is 42.2 Å². The molecule has 0 unspecified atom stereocenters. The Morgan fingerprint density at radius 1 is 1.04 bits per heavy atom. The fourth-order valence-electron chi connectivity index (χ4n) is 2.95. The van der Waals surface area contributed by atoms with Crippen LogP contribution in [0.2, 0.25) is 0 Å². The number of ether oxygens (including phenoxy) is 2. The van der Waals surface area contributed by atoms with E-state index in [1.807, 2.05) is 20.8 Å². The fourth-order valence-corrected chi connectivity index (χ4v) is 4.75. The van der Waals surface area contributed by atoms with Crippen molar-refractivity contribution in [1.82, 2.24) is 0 Å². The maximum Gasteiger partial charge on any atom is 0.255 e.